The summed E-state index contributed by atoms with van der Waals surface area (Å²) in [6, 6.07) is 3.44. The Balaban J connectivity index is 2.27. The van der Waals surface area contributed by atoms with Crippen molar-refractivity contribution in [2.24, 2.45) is 5.73 Å². The zero-order valence-corrected chi connectivity index (χ0v) is 7.12. The van der Waals surface area contributed by atoms with E-state index in [1.165, 1.54) is 11.3 Å². The van der Waals surface area contributed by atoms with Gasteiger partial charge in [0.25, 0.3) is 0 Å². The molecular weight excluding hydrogens is 172 g/mol. The zero-order valence-electron chi connectivity index (χ0n) is 6.31. The maximum absolute atomic E-state index is 5.86. The Hall–Kier alpha value is -1.13. The third-order valence-electron chi connectivity index (χ3n) is 1.62. The van der Waals surface area contributed by atoms with Crippen LogP contribution in [0.5, 0.6) is 0 Å². The lowest BCUT2D eigenvalue weighted by molar-refractivity contribution is 0.487. The number of nitrogens with two attached hydrogens (primary N) is 1. The van der Waals surface area contributed by atoms with Crippen LogP contribution in [0, 0.1) is 0 Å². The molecule has 2 heterocycles. The highest BCUT2D eigenvalue weighted by Crippen LogP contribution is 2.18. The molecule has 1 unspecified atom stereocenters. The van der Waals surface area contributed by atoms with Crippen molar-refractivity contribution in [1.29, 1.82) is 0 Å². The lowest BCUT2D eigenvalue weighted by atomic mass is 10.2. The molecule has 4 heteroatoms. The lowest BCUT2D eigenvalue weighted by Gasteiger charge is -2.03. The first kappa shape index (κ1) is 7.52. The highest BCUT2D eigenvalue weighted by atomic mass is 32.1. The third-order valence-corrected chi connectivity index (χ3v) is 2.22. The normalized spacial score (nSPS) is 13.1. The summed E-state index contributed by atoms with van der Waals surface area (Å²) in [5.41, 5.74) is 8.47. The van der Waals surface area contributed by atoms with E-state index in [4.69, 9.17) is 10.2 Å². The van der Waals surface area contributed by atoms with E-state index in [2.05, 4.69) is 4.98 Å². The molecule has 0 aliphatic carbocycles. The first-order chi connectivity index (χ1) is 5.88. The Morgan fingerprint density at radius 1 is 1.58 bits per heavy atom. The molecule has 0 saturated carbocycles. The smallest absolute Gasteiger partial charge is 0.126 e. The molecule has 0 fully saturated rings. The fourth-order valence-electron chi connectivity index (χ4n) is 0.989. The van der Waals surface area contributed by atoms with Crippen molar-refractivity contribution in [2.45, 2.75) is 6.04 Å². The van der Waals surface area contributed by atoms with Crippen molar-refractivity contribution in [2.75, 3.05) is 0 Å². The molecule has 2 aromatic rings. The second kappa shape index (κ2) is 3.08. The average molecular weight is 180 g/mol. The van der Waals surface area contributed by atoms with Crippen LogP contribution in [0.25, 0.3) is 0 Å². The van der Waals surface area contributed by atoms with Crippen molar-refractivity contribution < 1.29 is 4.42 Å². The Morgan fingerprint density at radius 3 is 3.08 bits per heavy atom. The van der Waals surface area contributed by atoms with Crippen LogP contribution in [-0.4, -0.2) is 4.98 Å². The van der Waals surface area contributed by atoms with Gasteiger partial charge in [-0.3, -0.25) is 0 Å². The van der Waals surface area contributed by atoms with Gasteiger partial charge in [-0.25, -0.2) is 4.98 Å². The second-order valence-corrected chi connectivity index (χ2v) is 3.13. The highest BCUT2D eigenvalue weighted by Gasteiger charge is 2.12. The Kier molecular flexibility index (Phi) is 1.93. The number of hydrogen-bond acceptors (Lipinski definition) is 4. The minimum Gasteiger partial charge on any atom is -0.467 e. The van der Waals surface area contributed by atoms with Gasteiger partial charge in [-0.1, -0.05) is 0 Å². The molecule has 2 rings (SSSR count). The van der Waals surface area contributed by atoms with Crippen molar-refractivity contribution in [1.82, 2.24) is 4.98 Å². The largest absolute Gasteiger partial charge is 0.467 e. The number of nitrogens with zero attached hydrogens (tertiary/aromatic N) is 1. The van der Waals surface area contributed by atoms with Gasteiger partial charge in [0.15, 0.2) is 0 Å². The Bertz CT molecular complexity index is 294. The van der Waals surface area contributed by atoms with Gasteiger partial charge in [-0.15, -0.1) is 11.3 Å². The van der Waals surface area contributed by atoms with Gasteiger partial charge in [0, 0.05) is 5.38 Å². The van der Waals surface area contributed by atoms with Gasteiger partial charge < -0.3 is 10.2 Å². The molecule has 0 aromatic carbocycles. The van der Waals surface area contributed by atoms with Crippen molar-refractivity contribution >= 4 is 11.3 Å². The monoisotopic (exact) mass is 180 g/mol. The standard InChI is InChI=1S/C8H8N2OS/c9-8(6-4-12-5-10-6)7-2-1-3-11-7/h1-5,8H,9H2. The van der Waals surface area contributed by atoms with Crippen molar-refractivity contribution in [3.63, 3.8) is 0 Å². The number of hydrogen-bond donors (Lipinski definition) is 1. The van der Waals surface area contributed by atoms with E-state index >= 15 is 0 Å². The number of thiazole rings is 1. The van der Waals surface area contributed by atoms with Crippen LogP contribution in [0.2, 0.25) is 0 Å². The maximum Gasteiger partial charge on any atom is 0.126 e. The van der Waals surface area contributed by atoms with Crippen LogP contribution in [0.15, 0.2) is 33.7 Å². The molecule has 1 atom stereocenters. The number of furan rings is 1. The molecular formula is C8H8N2OS. The minimum absolute atomic E-state index is 0.230. The molecule has 0 saturated heterocycles. The van der Waals surface area contributed by atoms with Gasteiger partial charge >= 0.3 is 0 Å². The minimum atomic E-state index is -0.230. The Morgan fingerprint density at radius 2 is 2.50 bits per heavy atom. The molecule has 2 N–H and O–H groups in total. The quantitative estimate of drug-likeness (QED) is 0.766. The summed E-state index contributed by atoms with van der Waals surface area (Å²) in [6.45, 7) is 0. The first-order valence-electron chi connectivity index (χ1n) is 3.55. The summed E-state index contributed by atoms with van der Waals surface area (Å²) in [7, 11) is 0. The molecule has 62 valence electrons. The van der Waals surface area contributed by atoms with E-state index in [0.717, 1.165) is 11.5 Å². The van der Waals surface area contributed by atoms with E-state index in [1.54, 1.807) is 11.8 Å². The van der Waals surface area contributed by atoms with Gasteiger partial charge in [0.2, 0.25) is 0 Å². The van der Waals surface area contributed by atoms with Crippen LogP contribution < -0.4 is 5.73 Å². The van der Waals surface area contributed by atoms with Crippen molar-refractivity contribution in [3.8, 4) is 0 Å². The first-order valence-corrected chi connectivity index (χ1v) is 4.49. The van der Waals surface area contributed by atoms with E-state index < -0.39 is 0 Å². The second-order valence-electron chi connectivity index (χ2n) is 2.41. The van der Waals surface area contributed by atoms with Crippen LogP contribution in [0.3, 0.4) is 0 Å². The summed E-state index contributed by atoms with van der Waals surface area (Å²) in [4.78, 5) is 4.11. The highest BCUT2D eigenvalue weighted by molar-refractivity contribution is 7.07. The van der Waals surface area contributed by atoms with Gasteiger partial charge in [0.05, 0.1) is 17.5 Å². The van der Waals surface area contributed by atoms with Crippen LogP contribution in [0.4, 0.5) is 0 Å². The zero-order chi connectivity index (χ0) is 8.39. The number of aromatic nitrogens is 1. The van der Waals surface area contributed by atoms with E-state index in [0.29, 0.717) is 0 Å². The van der Waals surface area contributed by atoms with E-state index in [1.807, 2.05) is 17.5 Å². The predicted molar refractivity (Wildman–Crippen MR) is 46.9 cm³/mol. The molecule has 0 amide bonds. The third kappa shape index (κ3) is 1.26. The fraction of sp³-hybridized carbons (Fsp3) is 0.125. The number of rotatable bonds is 2. The molecule has 3 nitrogen and oxygen atoms in total. The summed E-state index contributed by atoms with van der Waals surface area (Å²) >= 11 is 1.53. The van der Waals surface area contributed by atoms with Crippen molar-refractivity contribution in [3.05, 3.63) is 40.7 Å². The summed E-state index contributed by atoms with van der Waals surface area (Å²) in [5.74, 6) is 0.751. The fourth-order valence-corrected chi connectivity index (χ4v) is 1.58. The van der Waals surface area contributed by atoms with Gasteiger partial charge in [-0.2, -0.15) is 0 Å². The SMILES string of the molecule is NC(c1cscn1)c1ccco1. The molecule has 0 aliphatic rings. The molecule has 0 spiro atoms. The van der Waals surface area contributed by atoms with Crippen LogP contribution >= 0.6 is 11.3 Å². The summed E-state index contributed by atoms with van der Waals surface area (Å²) < 4.78 is 5.16. The molecule has 12 heavy (non-hydrogen) atoms. The summed E-state index contributed by atoms with van der Waals surface area (Å²) in [6.07, 6.45) is 1.61. The molecule has 2 aromatic heterocycles. The van der Waals surface area contributed by atoms with E-state index in [9.17, 15) is 0 Å². The molecule has 0 aliphatic heterocycles. The van der Waals surface area contributed by atoms with Crippen LogP contribution in [-0.2, 0) is 0 Å². The predicted octanol–water partition coefficient (Wildman–Crippen LogP) is 1.78. The maximum atomic E-state index is 5.86. The average Bonchev–Trinajstić information content (AvgIpc) is 2.77. The van der Waals surface area contributed by atoms with Crippen LogP contribution in [0.1, 0.15) is 17.5 Å². The summed E-state index contributed by atoms with van der Waals surface area (Å²) in [5, 5.41) is 1.92. The topological polar surface area (TPSA) is 52.0 Å². The molecule has 0 radical (unpaired) electrons. The Labute approximate surface area is 73.8 Å². The lowest BCUT2D eigenvalue weighted by Crippen LogP contribution is -2.10. The van der Waals surface area contributed by atoms with E-state index in [-0.39, 0.29) is 6.04 Å². The molecule has 0 bridgehead atoms. The van der Waals surface area contributed by atoms with Gasteiger partial charge in [0.1, 0.15) is 11.8 Å². The van der Waals surface area contributed by atoms with Gasteiger partial charge in [-0.05, 0) is 12.1 Å².